The number of methoxy groups -OCH3 is 1. The number of carboxylic acid groups (broad SMARTS) is 1. The Morgan fingerprint density at radius 1 is 1.12 bits per heavy atom. The second-order valence-electron chi connectivity index (χ2n) is 6.28. The van der Waals surface area contributed by atoms with Crippen LogP contribution in [-0.2, 0) is 11.3 Å². The number of hydrogen-bond acceptors (Lipinski definition) is 3. The molecule has 126 valence electrons. The summed E-state index contributed by atoms with van der Waals surface area (Å²) in [5, 5.41) is 9.10. The molecule has 4 heteroatoms. The van der Waals surface area contributed by atoms with Gasteiger partial charge in [0, 0.05) is 12.1 Å². The minimum Gasteiger partial charge on any atom is -0.496 e. The molecule has 0 unspecified atom stereocenters. The van der Waals surface area contributed by atoms with Crippen molar-refractivity contribution in [2.45, 2.75) is 19.4 Å². The maximum Gasteiger partial charge on any atom is 0.306 e. The molecule has 0 spiro atoms. The molecule has 24 heavy (non-hydrogen) atoms. The van der Waals surface area contributed by atoms with Crippen molar-refractivity contribution >= 4 is 5.97 Å². The van der Waals surface area contributed by atoms with E-state index in [0.717, 1.165) is 49.4 Å². The van der Waals surface area contributed by atoms with Gasteiger partial charge in [0.15, 0.2) is 0 Å². The maximum absolute atomic E-state index is 11.1. The summed E-state index contributed by atoms with van der Waals surface area (Å²) in [5.41, 5.74) is 3.45. The number of piperidine rings is 1. The maximum atomic E-state index is 11.1. The summed E-state index contributed by atoms with van der Waals surface area (Å²) in [4.78, 5) is 13.4. The third-order valence-corrected chi connectivity index (χ3v) is 4.72. The highest BCUT2D eigenvalue weighted by Crippen LogP contribution is 2.29. The Bertz CT molecular complexity index is 691. The van der Waals surface area contributed by atoms with Crippen LogP contribution in [0.15, 0.2) is 48.5 Å². The Morgan fingerprint density at radius 3 is 2.46 bits per heavy atom. The molecule has 0 atom stereocenters. The molecule has 0 amide bonds. The smallest absolute Gasteiger partial charge is 0.306 e. The number of carboxylic acids is 1. The van der Waals surface area contributed by atoms with Crippen molar-refractivity contribution in [1.29, 1.82) is 0 Å². The fourth-order valence-corrected chi connectivity index (χ4v) is 3.26. The summed E-state index contributed by atoms with van der Waals surface area (Å²) in [6.45, 7) is 2.44. The Kier molecular flexibility index (Phi) is 5.16. The molecule has 1 heterocycles. The van der Waals surface area contributed by atoms with Gasteiger partial charge in [0.2, 0.25) is 0 Å². The number of benzene rings is 2. The summed E-state index contributed by atoms with van der Waals surface area (Å²) in [6, 6.07) is 16.6. The van der Waals surface area contributed by atoms with Gasteiger partial charge in [0.25, 0.3) is 0 Å². The highest BCUT2D eigenvalue weighted by Gasteiger charge is 2.24. The molecule has 1 fully saturated rings. The fraction of sp³-hybridized carbons (Fsp3) is 0.350. The van der Waals surface area contributed by atoms with Crippen molar-refractivity contribution in [2.75, 3.05) is 20.2 Å². The number of aliphatic carboxylic acids is 1. The van der Waals surface area contributed by atoms with Gasteiger partial charge in [-0.3, -0.25) is 9.69 Å². The third-order valence-electron chi connectivity index (χ3n) is 4.72. The summed E-state index contributed by atoms with van der Waals surface area (Å²) in [5.74, 6) is 0.0276. The molecular formula is C20H23NO3. The van der Waals surface area contributed by atoms with Gasteiger partial charge >= 0.3 is 5.97 Å². The van der Waals surface area contributed by atoms with Gasteiger partial charge in [0.1, 0.15) is 5.75 Å². The Hall–Kier alpha value is -2.33. The van der Waals surface area contributed by atoms with E-state index in [9.17, 15) is 4.79 Å². The molecule has 0 bridgehead atoms. The fourth-order valence-electron chi connectivity index (χ4n) is 3.26. The van der Waals surface area contributed by atoms with Gasteiger partial charge in [-0.05, 0) is 43.1 Å². The van der Waals surface area contributed by atoms with Crippen molar-refractivity contribution in [2.24, 2.45) is 5.92 Å². The highest BCUT2D eigenvalue weighted by molar-refractivity contribution is 5.70. The summed E-state index contributed by atoms with van der Waals surface area (Å²) >= 11 is 0. The van der Waals surface area contributed by atoms with E-state index in [-0.39, 0.29) is 5.92 Å². The Labute approximate surface area is 142 Å². The van der Waals surface area contributed by atoms with Gasteiger partial charge in [-0.25, -0.2) is 0 Å². The molecule has 1 aliphatic rings. The molecule has 0 aliphatic carbocycles. The van der Waals surface area contributed by atoms with Crippen LogP contribution in [0.3, 0.4) is 0 Å². The molecule has 1 aliphatic heterocycles. The van der Waals surface area contributed by atoms with E-state index in [1.54, 1.807) is 7.11 Å². The monoisotopic (exact) mass is 325 g/mol. The average molecular weight is 325 g/mol. The second-order valence-corrected chi connectivity index (χ2v) is 6.28. The van der Waals surface area contributed by atoms with Gasteiger partial charge in [-0.2, -0.15) is 0 Å². The van der Waals surface area contributed by atoms with Crippen LogP contribution in [0.5, 0.6) is 5.75 Å². The molecule has 0 saturated carbocycles. The van der Waals surface area contributed by atoms with Crippen LogP contribution < -0.4 is 4.74 Å². The molecule has 1 N–H and O–H groups in total. The number of hydrogen-bond donors (Lipinski definition) is 1. The number of ether oxygens (including phenoxy) is 1. The molecular weight excluding hydrogens is 302 g/mol. The van der Waals surface area contributed by atoms with Crippen molar-refractivity contribution in [3.05, 3.63) is 54.1 Å². The van der Waals surface area contributed by atoms with Gasteiger partial charge in [-0.15, -0.1) is 0 Å². The lowest BCUT2D eigenvalue weighted by Crippen LogP contribution is -2.35. The molecule has 4 nitrogen and oxygen atoms in total. The first-order chi connectivity index (χ1) is 11.7. The molecule has 0 radical (unpaired) electrons. The largest absolute Gasteiger partial charge is 0.496 e. The van der Waals surface area contributed by atoms with Gasteiger partial charge < -0.3 is 9.84 Å². The van der Waals surface area contributed by atoms with E-state index in [1.807, 2.05) is 18.2 Å². The van der Waals surface area contributed by atoms with Crippen LogP contribution in [0.2, 0.25) is 0 Å². The third kappa shape index (κ3) is 3.77. The van der Waals surface area contributed by atoms with Crippen molar-refractivity contribution < 1.29 is 14.6 Å². The Balaban J connectivity index is 1.71. The van der Waals surface area contributed by atoms with Crippen LogP contribution in [0.4, 0.5) is 0 Å². The van der Waals surface area contributed by atoms with E-state index in [1.165, 1.54) is 5.56 Å². The predicted molar refractivity (Wildman–Crippen MR) is 94.1 cm³/mol. The summed E-state index contributed by atoms with van der Waals surface area (Å²) < 4.78 is 5.59. The number of nitrogens with zero attached hydrogens (tertiary/aromatic N) is 1. The molecule has 3 rings (SSSR count). The highest BCUT2D eigenvalue weighted by atomic mass is 16.5. The normalized spacial score (nSPS) is 16.0. The van der Waals surface area contributed by atoms with Crippen LogP contribution >= 0.6 is 0 Å². The van der Waals surface area contributed by atoms with Crippen LogP contribution in [0, 0.1) is 5.92 Å². The average Bonchev–Trinajstić information content (AvgIpc) is 2.63. The van der Waals surface area contributed by atoms with Crippen LogP contribution in [0.1, 0.15) is 18.4 Å². The van der Waals surface area contributed by atoms with E-state index in [0.29, 0.717) is 0 Å². The molecule has 0 aromatic heterocycles. The van der Waals surface area contributed by atoms with Gasteiger partial charge in [0.05, 0.1) is 13.0 Å². The predicted octanol–water partition coefficient (Wildman–Crippen LogP) is 3.66. The minimum absolute atomic E-state index is 0.191. The zero-order chi connectivity index (χ0) is 16.9. The molecule has 1 saturated heterocycles. The molecule has 2 aromatic rings. The van der Waals surface area contributed by atoms with Crippen LogP contribution in [0.25, 0.3) is 11.1 Å². The van der Waals surface area contributed by atoms with E-state index in [2.05, 4.69) is 35.2 Å². The minimum atomic E-state index is -0.667. The first kappa shape index (κ1) is 16.5. The summed E-state index contributed by atoms with van der Waals surface area (Å²) in [6.07, 6.45) is 1.44. The first-order valence-corrected chi connectivity index (χ1v) is 8.35. The number of carbonyl (C=O) groups is 1. The zero-order valence-electron chi connectivity index (χ0n) is 13.9. The first-order valence-electron chi connectivity index (χ1n) is 8.35. The van der Waals surface area contributed by atoms with Crippen molar-refractivity contribution in [3.8, 4) is 16.9 Å². The van der Waals surface area contributed by atoms with Gasteiger partial charge in [-0.1, -0.05) is 42.5 Å². The lowest BCUT2D eigenvalue weighted by Gasteiger charge is -2.30. The lowest BCUT2D eigenvalue weighted by atomic mass is 9.96. The van der Waals surface area contributed by atoms with E-state index < -0.39 is 5.97 Å². The summed E-state index contributed by atoms with van der Waals surface area (Å²) in [7, 11) is 1.70. The lowest BCUT2D eigenvalue weighted by molar-refractivity contribution is -0.143. The molecule has 2 aromatic carbocycles. The topological polar surface area (TPSA) is 49.8 Å². The number of rotatable bonds is 5. The van der Waals surface area contributed by atoms with E-state index >= 15 is 0 Å². The second kappa shape index (κ2) is 7.49. The van der Waals surface area contributed by atoms with Crippen molar-refractivity contribution in [1.82, 2.24) is 4.90 Å². The SMILES string of the molecule is COc1cc(-c2ccccc2)ccc1CN1CCC(C(=O)O)CC1. The van der Waals surface area contributed by atoms with Crippen LogP contribution in [-0.4, -0.2) is 36.2 Å². The van der Waals surface area contributed by atoms with Crippen molar-refractivity contribution in [3.63, 3.8) is 0 Å². The quantitative estimate of drug-likeness (QED) is 0.911. The zero-order valence-corrected chi connectivity index (χ0v) is 13.9. The number of likely N-dealkylation sites (tertiary alicyclic amines) is 1. The van der Waals surface area contributed by atoms with E-state index in [4.69, 9.17) is 9.84 Å². The Morgan fingerprint density at radius 2 is 1.83 bits per heavy atom. The standard InChI is InChI=1S/C20H23NO3/c1-24-19-13-17(15-5-3-2-4-6-15)7-8-18(19)14-21-11-9-16(10-12-21)20(22)23/h2-8,13,16H,9-12,14H2,1H3,(H,22,23).